The number of hydrogen-bond acceptors (Lipinski definition) is 2. The summed E-state index contributed by atoms with van der Waals surface area (Å²) in [5.41, 5.74) is 1.31. The molecule has 1 aromatic carbocycles. The van der Waals surface area contributed by atoms with Gasteiger partial charge in [0.25, 0.3) is 0 Å². The quantitative estimate of drug-likeness (QED) is 0.857. The zero-order chi connectivity index (χ0) is 13.7. The first-order valence-corrected chi connectivity index (χ1v) is 7.73. The molecular weight excluding hydrogens is 258 g/mol. The summed E-state index contributed by atoms with van der Waals surface area (Å²) in [5, 5.41) is 14.0. The Labute approximate surface area is 121 Å². The van der Waals surface area contributed by atoms with Gasteiger partial charge in [-0.25, -0.2) is 0 Å². The lowest BCUT2D eigenvalue weighted by Gasteiger charge is -2.27. The predicted octanol–water partition coefficient (Wildman–Crippen LogP) is 3.93. The standard InChI is InChI=1S/C16H24ClNO/c1-2-16(13-5-7-14(17)8-6-13)18-11-12-3-9-15(19)10-4-12/h5-8,12,15-16,18-19H,2-4,9-11H2,1H3. The molecule has 0 heterocycles. The number of aliphatic hydroxyl groups excluding tert-OH is 1. The third kappa shape index (κ3) is 4.48. The molecule has 0 radical (unpaired) electrons. The van der Waals surface area contributed by atoms with Gasteiger partial charge in [-0.2, -0.15) is 0 Å². The maximum Gasteiger partial charge on any atom is 0.0540 e. The molecule has 0 bridgehead atoms. The Hall–Kier alpha value is -0.570. The lowest BCUT2D eigenvalue weighted by Crippen LogP contribution is -2.30. The van der Waals surface area contributed by atoms with Gasteiger partial charge >= 0.3 is 0 Å². The number of aliphatic hydroxyl groups is 1. The first-order chi connectivity index (χ1) is 9.19. The molecule has 2 nitrogen and oxygen atoms in total. The highest BCUT2D eigenvalue weighted by molar-refractivity contribution is 6.30. The maximum absolute atomic E-state index is 9.52. The molecule has 0 aliphatic heterocycles. The van der Waals surface area contributed by atoms with Crippen molar-refractivity contribution in [2.24, 2.45) is 5.92 Å². The van der Waals surface area contributed by atoms with Crippen LogP contribution in [0.4, 0.5) is 0 Å². The van der Waals surface area contributed by atoms with Gasteiger partial charge in [0.1, 0.15) is 0 Å². The molecule has 3 heteroatoms. The average molecular weight is 282 g/mol. The van der Waals surface area contributed by atoms with Crippen LogP contribution in [0.15, 0.2) is 24.3 Å². The van der Waals surface area contributed by atoms with Crippen LogP contribution >= 0.6 is 11.6 Å². The largest absolute Gasteiger partial charge is 0.393 e. The fourth-order valence-electron chi connectivity index (χ4n) is 2.85. The Morgan fingerprint density at radius 1 is 1.21 bits per heavy atom. The Bertz CT molecular complexity index is 371. The number of halogens is 1. The van der Waals surface area contributed by atoms with E-state index in [1.165, 1.54) is 5.56 Å². The maximum atomic E-state index is 9.52. The van der Waals surface area contributed by atoms with Gasteiger partial charge < -0.3 is 10.4 Å². The van der Waals surface area contributed by atoms with Crippen LogP contribution < -0.4 is 5.32 Å². The summed E-state index contributed by atoms with van der Waals surface area (Å²) in [6, 6.07) is 8.53. The smallest absolute Gasteiger partial charge is 0.0540 e. The van der Waals surface area contributed by atoms with Crippen LogP contribution in [0.25, 0.3) is 0 Å². The topological polar surface area (TPSA) is 32.3 Å². The second-order valence-electron chi connectivity index (χ2n) is 5.60. The van der Waals surface area contributed by atoms with Crippen LogP contribution in [0.2, 0.25) is 5.02 Å². The lowest BCUT2D eigenvalue weighted by atomic mass is 9.87. The van der Waals surface area contributed by atoms with Crippen molar-refractivity contribution in [1.82, 2.24) is 5.32 Å². The second kappa shape index (κ2) is 7.28. The van der Waals surface area contributed by atoms with Gasteiger partial charge in [-0.1, -0.05) is 30.7 Å². The Morgan fingerprint density at radius 3 is 2.42 bits per heavy atom. The van der Waals surface area contributed by atoms with Gasteiger partial charge in [0.15, 0.2) is 0 Å². The fourth-order valence-corrected chi connectivity index (χ4v) is 2.98. The Kier molecular flexibility index (Phi) is 5.68. The molecule has 0 amide bonds. The van der Waals surface area contributed by atoms with Crippen LogP contribution in [0.5, 0.6) is 0 Å². The highest BCUT2D eigenvalue weighted by Crippen LogP contribution is 2.25. The van der Waals surface area contributed by atoms with E-state index in [0.717, 1.165) is 43.7 Å². The van der Waals surface area contributed by atoms with Crippen molar-refractivity contribution in [1.29, 1.82) is 0 Å². The van der Waals surface area contributed by atoms with Crippen LogP contribution in [0.1, 0.15) is 50.6 Å². The van der Waals surface area contributed by atoms with Crippen LogP contribution in [-0.4, -0.2) is 17.8 Å². The summed E-state index contributed by atoms with van der Waals surface area (Å²) < 4.78 is 0. The van der Waals surface area contributed by atoms with Crippen molar-refractivity contribution in [3.8, 4) is 0 Å². The number of benzene rings is 1. The number of hydrogen-bond donors (Lipinski definition) is 2. The van der Waals surface area contributed by atoms with E-state index < -0.39 is 0 Å². The van der Waals surface area contributed by atoms with Crippen LogP contribution in [0.3, 0.4) is 0 Å². The third-order valence-electron chi connectivity index (χ3n) is 4.15. The van der Waals surface area contributed by atoms with E-state index in [1.54, 1.807) is 0 Å². The molecule has 1 aliphatic carbocycles. The molecule has 2 rings (SSSR count). The molecule has 1 saturated carbocycles. The monoisotopic (exact) mass is 281 g/mol. The normalized spacial score (nSPS) is 25.2. The van der Waals surface area contributed by atoms with Crippen molar-refractivity contribution in [3.63, 3.8) is 0 Å². The summed E-state index contributed by atoms with van der Waals surface area (Å²) in [5.74, 6) is 0.713. The zero-order valence-electron chi connectivity index (χ0n) is 11.6. The minimum Gasteiger partial charge on any atom is -0.393 e. The molecule has 1 unspecified atom stereocenters. The summed E-state index contributed by atoms with van der Waals surface area (Å²) in [6.45, 7) is 3.25. The van der Waals surface area contributed by atoms with Crippen molar-refractivity contribution < 1.29 is 5.11 Å². The summed E-state index contributed by atoms with van der Waals surface area (Å²) >= 11 is 5.93. The SMILES string of the molecule is CCC(NCC1CCC(O)CC1)c1ccc(Cl)cc1. The second-order valence-corrected chi connectivity index (χ2v) is 6.03. The van der Waals surface area contributed by atoms with E-state index in [-0.39, 0.29) is 6.10 Å². The van der Waals surface area contributed by atoms with E-state index in [2.05, 4.69) is 24.4 Å². The zero-order valence-corrected chi connectivity index (χ0v) is 12.4. The van der Waals surface area contributed by atoms with E-state index in [9.17, 15) is 5.11 Å². The Balaban J connectivity index is 1.84. The van der Waals surface area contributed by atoms with Gasteiger partial charge in [0.2, 0.25) is 0 Å². The van der Waals surface area contributed by atoms with Crippen molar-refractivity contribution in [3.05, 3.63) is 34.9 Å². The lowest BCUT2D eigenvalue weighted by molar-refractivity contribution is 0.107. The molecule has 0 aromatic heterocycles. The fraction of sp³-hybridized carbons (Fsp3) is 0.625. The van der Waals surface area contributed by atoms with E-state index in [1.807, 2.05) is 12.1 Å². The minimum atomic E-state index is -0.0607. The highest BCUT2D eigenvalue weighted by Gasteiger charge is 2.20. The Morgan fingerprint density at radius 2 is 1.84 bits per heavy atom. The van der Waals surface area contributed by atoms with E-state index in [0.29, 0.717) is 12.0 Å². The first kappa shape index (κ1) is 14.8. The van der Waals surface area contributed by atoms with Gasteiger partial charge in [-0.3, -0.25) is 0 Å². The summed E-state index contributed by atoms with van der Waals surface area (Å²) in [4.78, 5) is 0. The molecule has 1 aliphatic rings. The minimum absolute atomic E-state index is 0.0607. The van der Waals surface area contributed by atoms with E-state index in [4.69, 9.17) is 11.6 Å². The molecule has 106 valence electrons. The summed E-state index contributed by atoms with van der Waals surface area (Å²) in [6.07, 6.45) is 5.23. The molecule has 1 fully saturated rings. The van der Waals surface area contributed by atoms with E-state index >= 15 is 0 Å². The third-order valence-corrected chi connectivity index (χ3v) is 4.40. The van der Waals surface area contributed by atoms with Crippen molar-refractivity contribution in [2.75, 3.05) is 6.54 Å². The molecule has 2 N–H and O–H groups in total. The molecule has 1 aromatic rings. The molecule has 0 saturated heterocycles. The molecular formula is C16H24ClNO. The first-order valence-electron chi connectivity index (χ1n) is 7.36. The molecule has 19 heavy (non-hydrogen) atoms. The molecule has 0 spiro atoms. The van der Waals surface area contributed by atoms with Crippen LogP contribution in [-0.2, 0) is 0 Å². The number of nitrogens with one attached hydrogen (secondary N) is 1. The molecule has 1 atom stereocenters. The van der Waals surface area contributed by atoms with Gasteiger partial charge in [-0.05, 0) is 62.3 Å². The number of rotatable bonds is 5. The van der Waals surface area contributed by atoms with Crippen LogP contribution in [0, 0.1) is 5.92 Å². The average Bonchev–Trinajstić information content (AvgIpc) is 2.43. The van der Waals surface area contributed by atoms with Gasteiger partial charge in [0, 0.05) is 11.1 Å². The van der Waals surface area contributed by atoms with Gasteiger partial charge in [0.05, 0.1) is 6.10 Å². The van der Waals surface area contributed by atoms with Gasteiger partial charge in [-0.15, -0.1) is 0 Å². The van der Waals surface area contributed by atoms with Crippen molar-refractivity contribution >= 4 is 11.6 Å². The van der Waals surface area contributed by atoms with Crippen molar-refractivity contribution in [2.45, 2.75) is 51.2 Å². The predicted molar refractivity (Wildman–Crippen MR) is 80.5 cm³/mol. The highest BCUT2D eigenvalue weighted by atomic mass is 35.5. The summed E-state index contributed by atoms with van der Waals surface area (Å²) in [7, 11) is 0.